The van der Waals surface area contributed by atoms with Crippen molar-refractivity contribution in [3.05, 3.63) is 58.0 Å². The van der Waals surface area contributed by atoms with Crippen LogP contribution < -0.4 is 5.56 Å². The maximum Gasteiger partial charge on any atom is 0.285 e. The van der Waals surface area contributed by atoms with E-state index in [1.165, 1.54) is 10.7 Å². The highest BCUT2D eigenvalue weighted by atomic mass is 32.2. The molecule has 0 amide bonds. The molecular weight excluding hydrogens is 366 g/mol. The number of fused-ring (bicyclic) bond motifs is 1. The van der Waals surface area contributed by atoms with Crippen LogP contribution in [0.5, 0.6) is 0 Å². The van der Waals surface area contributed by atoms with Crippen LogP contribution in [0.1, 0.15) is 11.3 Å². The molecule has 0 radical (unpaired) electrons. The van der Waals surface area contributed by atoms with Gasteiger partial charge in [-0.15, -0.1) is 4.40 Å². The number of hydrogen-bond acceptors (Lipinski definition) is 6. The minimum absolute atomic E-state index is 0.0960. The van der Waals surface area contributed by atoms with Crippen molar-refractivity contribution in [2.24, 2.45) is 4.40 Å². The fraction of sp³-hybridized carbons (Fsp3) is 0.389. The van der Waals surface area contributed by atoms with Crippen LogP contribution in [-0.2, 0) is 16.6 Å². The Morgan fingerprint density at radius 3 is 2.52 bits per heavy atom. The van der Waals surface area contributed by atoms with Crippen molar-refractivity contribution < 1.29 is 8.42 Å². The highest BCUT2D eigenvalue weighted by molar-refractivity contribution is 7.90. The molecule has 0 saturated carbocycles. The molecule has 4 rings (SSSR count). The predicted molar refractivity (Wildman–Crippen MR) is 101 cm³/mol. The molecule has 2 aromatic rings. The monoisotopic (exact) mass is 387 g/mol. The summed E-state index contributed by atoms with van der Waals surface area (Å²) in [6.45, 7) is 6.08. The topological polar surface area (TPSA) is 87.9 Å². The summed E-state index contributed by atoms with van der Waals surface area (Å²) in [6, 6.07) is 10.2. The number of rotatable bonds is 3. The molecule has 0 aliphatic carbocycles. The Kier molecular flexibility index (Phi) is 4.56. The average Bonchev–Trinajstić information content (AvgIpc) is 2.94. The van der Waals surface area contributed by atoms with Crippen molar-refractivity contribution in [3.63, 3.8) is 0 Å². The molecular formula is C18H21N5O3S. The van der Waals surface area contributed by atoms with Gasteiger partial charge in [0.2, 0.25) is 0 Å². The number of aryl methyl sites for hydroxylation is 1. The molecule has 2 aliphatic heterocycles. The first kappa shape index (κ1) is 17.9. The molecule has 1 fully saturated rings. The first-order valence-electron chi connectivity index (χ1n) is 8.90. The minimum Gasteiger partial charge on any atom is -0.353 e. The van der Waals surface area contributed by atoms with Gasteiger partial charge in [-0.3, -0.25) is 9.69 Å². The van der Waals surface area contributed by atoms with Crippen LogP contribution >= 0.6 is 0 Å². The number of hydrogen-bond donors (Lipinski definition) is 0. The maximum atomic E-state index is 12.2. The third-order valence-corrected chi connectivity index (χ3v) is 6.24. The lowest BCUT2D eigenvalue weighted by atomic mass is 10.1. The van der Waals surface area contributed by atoms with Crippen LogP contribution in [0.2, 0.25) is 0 Å². The van der Waals surface area contributed by atoms with E-state index in [-0.39, 0.29) is 10.5 Å². The SMILES string of the molecule is Cc1ccc(=O)n(CCN2CCN(C3=NS(=O)(=O)c4ccccc43)CC2)n1. The van der Waals surface area contributed by atoms with Gasteiger partial charge in [-0.1, -0.05) is 12.1 Å². The van der Waals surface area contributed by atoms with E-state index in [1.807, 2.05) is 17.9 Å². The first-order chi connectivity index (χ1) is 12.9. The number of piperazine rings is 1. The zero-order valence-electron chi connectivity index (χ0n) is 15.1. The highest BCUT2D eigenvalue weighted by Gasteiger charge is 2.32. The van der Waals surface area contributed by atoms with Crippen molar-refractivity contribution >= 4 is 15.9 Å². The minimum atomic E-state index is -3.59. The lowest BCUT2D eigenvalue weighted by Gasteiger charge is -2.35. The largest absolute Gasteiger partial charge is 0.353 e. The fourth-order valence-corrected chi connectivity index (χ4v) is 4.67. The third-order valence-electron chi connectivity index (χ3n) is 4.91. The molecule has 0 spiro atoms. The maximum absolute atomic E-state index is 12.2. The Morgan fingerprint density at radius 2 is 1.74 bits per heavy atom. The second kappa shape index (κ2) is 6.90. The lowest BCUT2D eigenvalue weighted by Crippen LogP contribution is -2.49. The van der Waals surface area contributed by atoms with Crippen LogP contribution in [0.3, 0.4) is 0 Å². The van der Waals surface area contributed by atoms with Crippen molar-refractivity contribution in [2.75, 3.05) is 32.7 Å². The van der Waals surface area contributed by atoms with E-state index < -0.39 is 10.0 Å². The van der Waals surface area contributed by atoms with Gasteiger partial charge in [0.25, 0.3) is 15.6 Å². The van der Waals surface area contributed by atoms with Crippen molar-refractivity contribution in [3.8, 4) is 0 Å². The molecule has 27 heavy (non-hydrogen) atoms. The molecule has 142 valence electrons. The van der Waals surface area contributed by atoms with E-state index in [2.05, 4.69) is 14.4 Å². The standard InChI is InChI=1S/C18H21N5O3S/c1-14-6-7-17(24)23(19-14)13-10-21-8-11-22(12-9-21)18-15-4-2-3-5-16(15)27(25,26)20-18/h2-7H,8-13H2,1H3. The average molecular weight is 387 g/mol. The quantitative estimate of drug-likeness (QED) is 0.754. The summed E-state index contributed by atoms with van der Waals surface area (Å²) in [5, 5.41) is 4.26. The number of amidine groups is 1. The van der Waals surface area contributed by atoms with Crippen LogP contribution in [0.25, 0.3) is 0 Å². The first-order valence-corrected chi connectivity index (χ1v) is 10.3. The Hall–Kier alpha value is -2.52. The molecule has 8 nitrogen and oxygen atoms in total. The molecule has 0 unspecified atom stereocenters. The van der Waals surface area contributed by atoms with E-state index in [0.29, 0.717) is 31.0 Å². The van der Waals surface area contributed by atoms with E-state index in [9.17, 15) is 13.2 Å². The van der Waals surface area contributed by atoms with Crippen molar-refractivity contribution in [2.45, 2.75) is 18.4 Å². The van der Waals surface area contributed by atoms with E-state index in [4.69, 9.17) is 0 Å². The van der Waals surface area contributed by atoms with Gasteiger partial charge >= 0.3 is 0 Å². The third kappa shape index (κ3) is 3.52. The molecule has 1 aromatic heterocycles. The van der Waals surface area contributed by atoms with Gasteiger partial charge in [0.05, 0.1) is 12.2 Å². The molecule has 0 bridgehead atoms. The van der Waals surface area contributed by atoms with Gasteiger partial charge in [0.1, 0.15) is 4.90 Å². The zero-order valence-corrected chi connectivity index (χ0v) is 15.9. The molecule has 0 atom stereocenters. The van der Waals surface area contributed by atoms with E-state index in [0.717, 1.165) is 25.3 Å². The molecule has 3 heterocycles. The smallest absolute Gasteiger partial charge is 0.285 e. The van der Waals surface area contributed by atoms with Crippen molar-refractivity contribution in [1.82, 2.24) is 19.6 Å². The van der Waals surface area contributed by atoms with E-state index in [1.54, 1.807) is 24.3 Å². The lowest BCUT2D eigenvalue weighted by molar-refractivity contribution is 0.174. The summed E-state index contributed by atoms with van der Waals surface area (Å²) in [5.74, 6) is 0.543. The summed E-state index contributed by atoms with van der Waals surface area (Å²) in [6.07, 6.45) is 0. The fourth-order valence-electron chi connectivity index (χ4n) is 3.45. The van der Waals surface area contributed by atoms with Gasteiger partial charge in [-0.2, -0.15) is 13.5 Å². The van der Waals surface area contributed by atoms with Gasteiger partial charge in [-0.05, 0) is 25.1 Å². The Labute approximate surface area is 157 Å². The van der Waals surface area contributed by atoms with Crippen LogP contribution in [0.15, 0.2) is 50.5 Å². The van der Waals surface area contributed by atoms with Crippen LogP contribution in [-0.4, -0.2) is 66.6 Å². The number of benzene rings is 1. The van der Waals surface area contributed by atoms with Gasteiger partial charge in [0.15, 0.2) is 5.84 Å². The Bertz CT molecular complexity index is 1050. The highest BCUT2D eigenvalue weighted by Crippen LogP contribution is 2.27. The Balaban J connectivity index is 1.40. The van der Waals surface area contributed by atoms with Crippen LogP contribution in [0, 0.1) is 6.92 Å². The molecule has 1 aromatic carbocycles. The number of aromatic nitrogens is 2. The summed E-state index contributed by atoms with van der Waals surface area (Å²) >= 11 is 0. The van der Waals surface area contributed by atoms with E-state index >= 15 is 0 Å². The van der Waals surface area contributed by atoms with Gasteiger partial charge in [-0.25, -0.2) is 4.68 Å². The predicted octanol–water partition coefficient (Wildman–Crippen LogP) is 0.318. The summed E-state index contributed by atoms with van der Waals surface area (Å²) in [7, 11) is -3.59. The zero-order chi connectivity index (χ0) is 19.0. The van der Waals surface area contributed by atoms with Crippen molar-refractivity contribution in [1.29, 1.82) is 0 Å². The molecule has 0 N–H and O–H groups in total. The second-order valence-corrected chi connectivity index (χ2v) is 8.32. The number of sulfonamides is 1. The number of nitrogens with zero attached hydrogens (tertiary/aromatic N) is 5. The normalized spacial score (nSPS) is 19.0. The Morgan fingerprint density at radius 1 is 1.00 bits per heavy atom. The second-order valence-electron chi connectivity index (χ2n) is 6.75. The molecule has 1 saturated heterocycles. The van der Waals surface area contributed by atoms with Crippen LogP contribution in [0.4, 0.5) is 0 Å². The summed E-state index contributed by atoms with van der Waals surface area (Å²) in [5.41, 5.74) is 1.40. The molecule has 2 aliphatic rings. The summed E-state index contributed by atoms with van der Waals surface area (Å²) in [4.78, 5) is 16.4. The van der Waals surface area contributed by atoms with Gasteiger partial charge < -0.3 is 4.90 Å². The summed E-state index contributed by atoms with van der Waals surface area (Å²) < 4.78 is 29.9. The van der Waals surface area contributed by atoms with Gasteiger partial charge in [0, 0.05) is 44.4 Å². The molecule has 9 heteroatoms.